The smallest absolute Gasteiger partial charge is 0.430 e. The number of benzene rings is 3. The maximum atomic E-state index is 11.7. The molecule has 2 heterocycles. The molecule has 10 nitrogen and oxygen atoms in total. The van der Waals surface area contributed by atoms with Crippen LogP contribution < -0.4 is 25.7 Å². The third kappa shape index (κ3) is 10.3. The van der Waals surface area contributed by atoms with Crippen molar-refractivity contribution >= 4 is 34.4 Å². The zero-order valence-electron chi connectivity index (χ0n) is 25.1. The van der Waals surface area contributed by atoms with Crippen LogP contribution in [-0.4, -0.2) is 67.2 Å². The molecule has 1 amide bonds. The van der Waals surface area contributed by atoms with Gasteiger partial charge in [0.1, 0.15) is 29.7 Å². The number of nitrogens with zero attached hydrogens (tertiary/aromatic N) is 2. The number of likely N-dealkylation sites (tertiary alicyclic amines) is 1. The fourth-order valence-corrected chi connectivity index (χ4v) is 4.90. The number of carboxylic acids is 2. The van der Waals surface area contributed by atoms with E-state index in [-0.39, 0.29) is 0 Å². The van der Waals surface area contributed by atoms with Gasteiger partial charge >= 0.3 is 12.4 Å². The van der Waals surface area contributed by atoms with Gasteiger partial charge in [-0.3, -0.25) is 4.79 Å². The van der Waals surface area contributed by atoms with Gasteiger partial charge in [-0.05, 0) is 35.9 Å². The summed E-state index contributed by atoms with van der Waals surface area (Å²) < 4.78 is 64.9. The Bertz CT molecular complexity index is 1660. The van der Waals surface area contributed by atoms with E-state index in [1.54, 1.807) is 11.0 Å². The molecule has 2 unspecified atom stereocenters. The number of hydrogen-bond donors (Lipinski definition) is 3. The quantitative estimate of drug-likeness (QED) is 0.248. The summed E-state index contributed by atoms with van der Waals surface area (Å²) >= 11 is 0. The number of carboxylic acid groups (broad SMARTS) is 2. The summed E-state index contributed by atoms with van der Waals surface area (Å²) in [5.41, 5.74) is 11.7. The molecule has 47 heavy (non-hydrogen) atoms. The second kappa shape index (κ2) is 15.1. The van der Waals surface area contributed by atoms with Gasteiger partial charge in [-0.25, -0.2) is 4.68 Å². The molecule has 1 aliphatic heterocycles. The number of nitrogens with one attached hydrogen (secondary N) is 2. The number of fused-ring (bicyclic) bond motifs is 1. The average molecular weight is 668 g/mol. The Balaban J connectivity index is 0.000000360. The molecule has 1 saturated heterocycles. The molecule has 1 fully saturated rings. The molecule has 0 spiro atoms. The lowest BCUT2D eigenvalue weighted by Crippen LogP contribution is -3.08. The number of halogens is 6. The molecule has 4 aromatic rings. The minimum absolute atomic E-state index is 0.452. The van der Waals surface area contributed by atoms with Gasteiger partial charge in [0.2, 0.25) is 0 Å². The Morgan fingerprint density at radius 3 is 1.96 bits per heavy atom. The lowest BCUT2D eigenvalue weighted by Gasteiger charge is -2.14. The summed E-state index contributed by atoms with van der Waals surface area (Å²) in [6.07, 6.45) is -7.21. The van der Waals surface area contributed by atoms with Gasteiger partial charge in [0.25, 0.3) is 5.91 Å². The summed E-state index contributed by atoms with van der Waals surface area (Å²) in [6, 6.07) is 23.2. The van der Waals surface area contributed by atoms with Gasteiger partial charge in [-0.15, -0.1) is 0 Å². The SMILES string of the molecule is C[NH+](C)c1ccc(C2CC[NH+](Cc3ccc(-n4cc5cccc(C(N)=O)c5n4)cc3)C2)cc1.O=C([O-])C(F)(F)F.O=C([O-])C(F)(F)F. The average Bonchev–Trinajstić information content (AvgIpc) is 3.64. The Morgan fingerprint density at radius 2 is 1.47 bits per heavy atom. The van der Waals surface area contributed by atoms with Crippen molar-refractivity contribution in [2.45, 2.75) is 31.2 Å². The number of aromatic nitrogens is 2. The van der Waals surface area contributed by atoms with Crippen LogP contribution in [0.4, 0.5) is 32.0 Å². The second-order valence-corrected chi connectivity index (χ2v) is 10.9. The lowest BCUT2D eigenvalue weighted by atomic mass is 9.98. The zero-order chi connectivity index (χ0) is 35.1. The maximum absolute atomic E-state index is 11.7. The van der Waals surface area contributed by atoms with E-state index in [2.05, 4.69) is 67.7 Å². The number of quaternary nitrogens is 2. The van der Waals surface area contributed by atoms with Crippen LogP contribution in [0.2, 0.25) is 0 Å². The molecule has 2 atom stereocenters. The molecule has 4 N–H and O–H groups in total. The molecular formula is C31H31F6N5O5. The zero-order valence-corrected chi connectivity index (χ0v) is 25.1. The Hall–Kier alpha value is -4.96. The minimum atomic E-state index is -5.19. The number of rotatable bonds is 6. The maximum Gasteiger partial charge on any atom is 0.430 e. The summed E-state index contributed by atoms with van der Waals surface area (Å²) in [5, 5.41) is 23.1. The number of alkyl halides is 6. The predicted octanol–water partition coefficient (Wildman–Crippen LogP) is 0.0700. The van der Waals surface area contributed by atoms with E-state index in [1.165, 1.54) is 41.2 Å². The Labute approximate surface area is 264 Å². The van der Waals surface area contributed by atoms with Crippen LogP contribution in [-0.2, 0) is 16.1 Å². The van der Waals surface area contributed by atoms with Crippen LogP contribution in [0.1, 0.15) is 33.8 Å². The molecule has 0 bridgehead atoms. The third-order valence-electron chi connectivity index (χ3n) is 7.26. The first-order chi connectivity index (χ1) is 21.9. The molecule has 5 rings (SSSR count). The van der Waals surface area contributed by atoms with E-state index < -0.39 is 30.2 Å². The van der Waals surface area contributed by atoms with Crippen molar-refractivity contribution in [2.24, 2.45) is 5.73 Å². The van der Waals surface area contributed by atoms with Crippen molar-refractivity contribution in [1.29, 1.82) is 0 Å². The number of carbonyl (C=O) groups is 3. The fourth-order valence-electron chi connectivity index (χ4n) is 4.90. The van der Waals surface area contributed by atoms with E-state index in [1.807, 2.05) is 23.0 Å². The summed E-state index contributed by atoms with van der Waals surface area (Å²) in [7, 11) is 4.32. The van der Waals surface area contributed by atoms with Crippen LogP contribution in [0.5, 0.6) is 0 Å². The molecule has 252 valence electrons. The monoisotopic (exact) mass is 667 g/mol. The Morgan fingerprint density at radius 1 is 0.915 bits per heavy atom. The highest BCUT2D eigenvalue weighted by Gasteiger charge is 2.30. The van der Waals surface area contributed by atoms with Gasteiger partial charge in [0, 0.05) is 29.5 Å². The van der Waals surface area contributed by atoms with Crippen molar-refractivity contribution in [2.75, 3.05) is 27.2 Å². The van der Waals surface area contributed by atoms with Crippen LogP contribution in [0.15, 0.2) is 72.9 Å². The lowest BCUT2D eigenvalue weighted by molar-refractivity contribution is -0.902. The molecule has 0 radical (unpaired) electrons. The minimum Gasteiger partial charge on any atom is -0.542 e. The molecule has 3 aromatic carbocycles. The highest BCUT2D eigenvalue weighted by Crippen LogP contribution is 2.22. The molecule has 0 saturated carbocycles. The summed E-state index contributed by atoms with van der Waals surface area (Å²) in [4.78, 5) is 32.3. The molecule has 16 heteroatoms. The van der Waals surface area contributed by atoms with Crippen molar-refractivity contribution in [3.63, 3.8) is 0 Å². The molecule has 0 aliphatic carbocycles. The standard InChI is InChI=1S/C27H29N5O.2C2HF3O2/c1-30(2)23-12-8-20(9-13-23)21-14-15-31(17-21)16-19-6-10-24(11-7-19)32-18-22-4-3-5-25(27(28)33)26(22)29-32;2*3-2(4,5)1(6)7/h3-13,18,21H,14-17H2,1-2H3,(H2,28,33);2*(H,6,7). The van der Waals surface area contributed by atoms with Crippen LogP contribution in [0.3, 0.4) is 0 Å². The number of aliphatic carboxylic acids is 2. The number of hydrogen-bond acceptors (Lipinski definition) is 6. The van der Waals surface area contributed by atoms with E-state index in [9.17, 15) is 31.1 Å². The first-order valence-electron chi connectivity index (χ1n) is 14.0. The van der Waals surface area contributed by atoms with Crippen molar-refractivity contribution in [1.82, 2.24) is 9.78 Å². The largest absolute Gasteiger partial charge is 0.542 e. The van der Waals surface area contributed by atoms with Crippen molar-refractivity contribution < 1.29 is 60.7 Å². The van der Waals surface area contributed by atoms with E-state index in [0.29, 0.717) is 17.0 Å². The first-order valence-corrected chi connectivity index (χ1v) is 14.0. The van der Waals surface area contributed by atoms with Gasteiger partial charge in [0.15, 0.2) is 0 Å². The third-order valence-corrected chi connectivity index (χ3v) is 7.26. The topological polar surface area (TPSA) is 150 Å². The van der Waals surface area contributed by atoms with Crippen LogP contribution >= 0.6 is 0 Å². The second-order valence-electron chi connectivity index (χ2n) is 10.9. The van der Waals surface area contributed by atoms with E-state index >= 15 is 0 Å². The highest BCUT2D eigenvalue weighted by atomic mass is 19.4. The van der Waals surface area contributed by atoms with Crippen LogP contribution in [0.25, 0.3) is 16.6 Å². The highest BCUT2D eigenvalue weighted by molar-refractivity contribution is 6.04. The van der Waals surface area contributed by atoms with Gasteiger partial charge < -0.3 is 35.3 Å². The van der Waals surface area contributed by atoms with E-state index in [4.69, 9.17) is 25.5 Å². The normalized spacial score (nSPS) is 16.2. The first kappa shape index (κ1) is 36.5. The van der Waals surface area contributed by atoms with Gasteiger partial charge in [-0.2, -0.15) is 31.4 Å². The summed E-state index contributed by atoms with van der Waals surface area (Å²) in [6.45, 7) is 3.41. The number of nitrogens with two attached hydrogens (primary N) is 1. The van der Waals surface area contributed by atoms with Crippen LogP contribution in [0, 0.1) is 0 Å². The van der Waals surface area contributed by atoms with Crippen molar-refractivity contribution in [3.8, 4) is 5.69 Å². The summed E-state index contributed by atoms with van der Waals surface area (Å²) in [5.74, 6) is -5.83. The number of carbonyl (C=O) groups excluding carboxylic acids is 3. The molecule has 1 aromatic heterocycles. The molecule has 1 aliphatic rings. The van der Waals surface area contributed by atoms with Crippen molar-refractivity contribution in [3.05, 3.63) is 89.6 Å². The molecular weight excluding hydrogens is 636 g/mol. The van der Waals surface area contributed by atoms with Gasteiger partial charge in [-0.1, -0.05) is 36.4 Å². The number of primary amides is 1. The fraction of sp³-hybridized carbons (Fsp3) is 0.290. The predicted molar refractivity (Wildman–Crippen MR) is 152 cm³/mol. The van der Waals surface area contributed by atoms with E-state index in [0.717, 1.165) is 17.6 Å². The Kier molecular flexibility index (Phi) is 11.7. The number of amides is 1. The van der Waals surface area contributed by atoms with Gasteiger partial charge in [0.05, 0.1) is 38.4 Å².